The molecule has 19 heavy (non-hydrogen) atoms. The molecule has 2 N–H and O–H groups in total. The predicted molar refractivity (Wildman–Crippen MR) is 69.3 cm³/mol. The van der Waals surface area contributed by atoms with Crippen LogP contribution in [0.4, 0.5) is 0 Å². The van der Waals surface area contributed by atoms with E-state index >= 15 is 0 Å². The van der Waals surface area contributed by atoms with Gasteiger partial charge in [-0.15, -0.1) is 0 Å². The fraction of sp³-hybridized carbons (Fsp3) is 0.615. The summed E-state index contributed by atoms with van der Waals surface area (Å²) in [7, 11) is 1.65. The molecular formula is C13H20N2O4. The number of allylic oxidation sites excluding steroid dienone is 2. The molecule has 1 aliphatic carbocycles. The van der Waals surface area contributed by atoms with E-state index in [4.69, 9.17) is 5.11 Å². The van der Waals surface area contributed by atoms with Gasteiger partial charge < -0.3 is 15.3 Å². The SMILES string of the molecule is CCN(C)C(=O)CNC(=O)C1CC=CCC1C(=O)O. The van der Waals surface area contributed by atoms with Crippen LogP contribution in [0, 0.1) is 11.8 Å². The van der Waals surface area contributed by atoms with Crippen molar-refractivity contribution < 1.29 is 19.5 Å². The second kappa shape index (κ2) is 6.92. The zero-order valence-corrected chi connectivity index (χ0v) is 11.3. The maximum absolute atomic E-state index is 11.9. The Hall–Kier alpha value is -1.85. The standard InChI is InChI=1S/C13H20N2O4/c1-3-15(2)11(16)8-14-12(17)9-6-4-5-7-10(9)13(18)19/h4-5,9-10H,3,6-8H2,1-2H3,(H,14,17)(H,18,19). The van der Waals surface area contributed by atoms with Crippen molar-refractivity contribution in [3.05, 3.63) is 12.2 Å². The first-order valence-corrected chi connectivity index (χ1v) is 6.36. The van der Waals surface area contributed by atoms with Crippen LogP contribution < -0.4 is 5.32 Å². The fourth-order valence-electron chi connectivity index (χ4n) is 1.98. The van der Waals surface area contributed by atoms with Crippen molar-refractivity contribution in [2.45, 2.75) is 19.8 Å². The van der Waals surface area contributed by atoms with Crippen LogP contribution in [0.2, 0.25) is 0 Å². The number of hydrogen-bond acceptors (Lipinski definition) is 3. The second-order valence-corrected chi connectivity index (χ2v) is 4.62. The topological polar surface area (TPSA) is 86.7 Å². The van der Waals surface area contributed by atoms with Crippen LogP contribution in [0.1, 0.15) is 19.8 Å². The van der Waals surface area contributed by atoms with Gasteiger partial charge in [0.1, 0.15) is 0 Å². The van der Waals surface area contributed by atoms with E-state index < -0.39 is 17.8 Å². The number of rotatable bonds is 5. The van der Waals surface area contributed by atoms with Crippen LogP contribution in [0.5, 0.6) is 0 Å². The van der Waals surface area contributed by atoms with E-state index in [9.17, 15) is 14.4 Å². The number of likely N-dealkylation sites (N-methyl/N-ethyl adjacent to an activating group) is 1. The summed E-state index contributed by atoms with van der Waals surface area (Å²) in [5, 5.41) is 11.6. The lowest BCUT2D eigenvalue weighted by molar-refractivity contribution is -0.147. The molecule has 0 spiro atoms. The molecule has 1 aliphatic rings. The van der Waals surface area contributed by atoms with Crippen molar-refractivity contribution in [3.63, 3.8) is 0 Å². The molecule has 106 valence electrons. The smallest absolute Gasteiger partial charge is 0.307 e. The number of carboxylic acids is 1. The van der Waals surface area contributed by atoms with Gasteiger partial charge in [-0.2, -0.15) is 0 Å². The van der Waals surface area contributed by atoms with Gasteiger partial charge in [-0.1, -0.05) is 12.2 Å². The lowest BCUT2D eigenvalue weighted by Gasteiger charge is -2.24. The van der Waals surface area contributed by atoms with E-state index in [1.165, 1.54) is 4.90 Å². The van der Waals surface area contributed by atoms with Gasteiger partial charge in [0.2, 0.25) is 11.8 Å². The van der Waals surface area contributed by atoms with Crippen LogP contribution in [-0.4, -0.2) is 47.9 Å². The Bertz CT molecular complexity index is 392. The minimum atomic E-state index is -0.971. The first kappa shape index (κ1) is 15.2. The number of carboxylic acid groups (broad SMARTS) is 1. The van der Waals surface area contributed by atoms with Crippen LogP contribution >= 0.6 is 0 Å². The largest absolute Gasteiger partial charge is 0.481 e. The molecule has 0 radical (unpaired) electrons. The van der Waals surface area contributed by atoms with Crippen molar-refractivity contribution in [2.24, 2.45) is 11.8 Å². The number of nitrogens with one attached hydrogen (secondary N) is 1. The van der Waals surface area contributed by atoms with Gasteiger partial charge in [0, 0.05) is 13.6 Å². The van der Waals surface area contributed by atoms with Crippen molar-refractivity contribution in [1.82, 2.24) is 10.2 Å². The number of hydrogen-bond donors (Lipinski definition) is 2. The average Bonchev–Trinajstić information content (AvgIpc) is 2.43. The maximum atomic E-state index is 11.9. The number of carbonyl (C=O) groups is 3. The molecule has 6 heteroatoms. The molecule has 0 saturated heterocycles. The van der Waals surface area contributed by atoms with Gasteiger partial charge in [-0.05, 0) is 19.8 Å². The number of aliphatic carboxylic acids is 1. The zero-order valence-electron chi connectivity index (χ0n) is 11.3. The predicted octanol–water partition coefficient (Wildman–Crippen LogP) is 0.248. The summed E-state index contributed by atoms with van der Waals surface area (Å²) in [4.78, 5) is 36.1. The summed E-state index contributed by atoms with van der Waals surface area (Å²) in [6, 6.07) is 0. The summed E-state index contributed by atoms with van der Waals surface area (Å²) in [6.45, 7) is 2.32. The Kier molecular flexibility index (Phi) is 5.54. The third-order valence-corrected chi connectivity index (χ3v) is 3.40. The van der Waals surface area contributed by atoms with Gasteiger partial charge in [0.25, 0.3) is 0 Å². The van der Waals surface area contributed by atoms with E-state index in [-0.39, 0.29) is 18.4 Å². The van der Waals surface area contributed by atoms with Crippen molar-refractivity contribution in [2.75, 3.05) is 20.1 Å². The summed E-state index contributed by atoms with van der Waals surface area (Å²) in [5.41, 5.74) is 0. The van der Waals surface area contributed by atoms with Crippen molar-refractivity contribution in [1.29, 1.82) is 0 Å². The normalized spacial score (nSPS) is 21.8. The van der Waals surface area contributed by atoms with E-state index in [1.807, 2.05) is 13.0 Å². The van der Waals surface area contributed by atoms with Crippen LogP contribution in [0.25, 0.3) is 0 Å². The summed E-state index contributed by atoms with van der Waals surface area (Å²) in [6.07, 6.45) is 4.35. The third-order valence-electron chi connectivity index (χ3n) is 3.40. The molecule has 1 rings (SSSR count). The number of nitrogens with zero attached hydrogens (tertiary/aromatic N) is 1. The lowest BCUT2D eigenvalue weighted by atomic mass is 9.82. The van der Waals surface area contributed by atoms with Crippen LogP contribution in [0.15, 0.2) is 12.2 Å². The fourth-order valence-corrected chi connectivity index (χ4v) is 1.98. The molecule has 2 unspecified atom stereocenters. The molecule has 0 aromatic heterocycles. The third kappa shape index (κ3) is 4.08. The Morgan fingerprint density at radius 2 is 1.84 bits per heavy atom. The molecular weight excluding hydrogens is 248 g/mol. The number of carbonyl (C=O) groups excluding carboxylic acids is 2. The quantitative estimate of drug-likeness (QED) is 0.700. The van der Waals surface area contributed by atoms with Crippen molar-refractivity contribution in [3.8, 4) is 0 Å². The molecule has 6 nitrogen and oxygen atoms in total. The van der Waals surface area contributed by atoms with Gasteiger partial charge in [0.15, 0.2) is 0 Å². The van der Waals surface area contributed by atoms with E-state index in [0.29, 0.717) is 19.4 Å². The molecule has 0 bridgehead atoms. The molecule has 2 amide bonds. The second-order valence-electron chi connectivity index (χ2n) is 4.62. The highest BCUT2D eigenvalue weighted by Gasteiger charge is 2.33. The Morgan fingerprint density at radius 3 is 2.37 bits per heavy atom. The Balaban J connectivity index is 2.55. The summed E-state index contributed by atoms with van der Waals surface area (Å²) in [5.74, 6) is -2.82. The monoisotopic (exact) mass is 268 g/mol. The first-order chi connectivity index (χ1) is 8.97. The Labute approximate surface area is 112 Å². The maximum Gasteiger partial charge on any atom is 0.307 e. The van der Waals surface area contributed by atoms with Gasteiger partial charge >= 0.3 is 5.97 Å². The molecule has 2 atom stereocenters. The summed E-state index contributed by atoms with van der Waals surface area (Å²) >= 11 is 0. The van der Waals surface area contributed by atoms with E-state index in [1.54, 1.807) is 13.1 Å². The molecule has 0 fully saturated rings. The first-order valence-electron chi connectivity index (χ1n) is 6.36. The van der Waals surface area contributed by atoms with Crippen LogP contribution in [0.3, 0.4) is 0 Å². The minimum absolute atomic E-state index is 0.0876. The summed E-state index contributed by atoms with van der Waals surface area (Å²) < 4.78 is 0. The zero-order chi connectivity index (χ0) is 14.4. The van der Waals surface area contributed by atoms with Crippen LogP contribution in [-0.2, 0) is 14.4 Å². The Morgan fingerprint density at radius 1 is 1.26 bits per heavy atom. The molecule has 0 aliphatic heterocycles. The molecule has 0 heterocycles. The minimum Gasteiger partial charge on any atom is -0.481 e. The average molecular weight is 268 g/mol. The van der Waals surface area contributed by atoms with Gasteiger partial charge in [-0.3, -0.25) is 14.4 Å². The van der Waals surface area contributed by atoms with E-state index in [2.05, 4.69) is 5.32 Å². The lowest BCUT2D eigenvalue weighted by Crippen LogP contribution is -2.43. The highest BCUT2D eigenvalue weighted by molar-refractivity contribution is 5.88. The van der Waals surface area contributed by atoms with Gasteiger partial charge in [0.05, 0.1) is 18.4 Å². The highest BCUT2D eigenvalue weighted by atomic mass is 16.4. The molecule has 0 aromatic carbocycles. The highest BCUT2D eigenvalue weighted by Crippen LogP contribution is 2.25. The van der Waals surface area contributed by atoms with Crippen molar-refractivity contribution >= 4 is 17.8 Å². The molecule has 0 aromatic rings. The molecule has 0 saturated carbocycles. The van der Waals surface area contributed by atoms with E-state index in [0.717, 1.165) is 0 Å². The number of amides is 2. The van der Waals surface area contributed by atoms with Gasteiger partial charge in [-0.25, -0.2) is 0 Å².